The maximum atomic E-state index is 12.3. The second kappa shape index (κ2) is 6.41. The number of carbonyl (C=O) groups is 1. The van der Waals surface area contributed by atoms with Crippen molar-refractivity contribution in [2.45, 2.75) is 0 Å². The average molecular weight is 341 g/mol. The number of benzene rings is 1. The molecule has 124 valence electrons. The van der Waals surface area contributed by atoms with E-state index in [0.717, 1.165) is 22.2 Å². The molecule has 0 aliphatic rings. The molecule has 3 aromatic heterocycles. The summed E-state index contributed by atoms with van der Waals surface area (Å²) in [6, 6.07) is 11.0. The summed E-state index contributed by atoms with van der Waals surface area (Å²) in [6.07, 6.45) is 6.04. The predicted octanol–water partition coefficient (Wildman–Crippen LogP) is 2.54. The second-order valence-electron chi connectivity index (χ2n) is 5.43. The lowest BCUT2D eigenvalue weighted by Crippen LogP contribution is -2.12. The molecule has 0 aliphatic heterocycles. The van der Waals surface area contributed by atoms with Gasteiger partial charge in [0.2, 0.25) is 5.82 Å². The number of nitrogens with zero attached hydrogens (tertiary/aromatic N) is 5. The van der Waals surface area contributed by atoms with Gasteiger partial charge in [-0.2, -0.15) is 10.4 Å². The van der Waals surface area contributed by atoms with Crippen molar-refractivity contribution in [1.82, 2.24) is 25.1 Å². The Kier molecular flexibility index (Phi) is 3.80. The average Bonchev–Trinajstić information content (AvgIpc) is 3.12. The molecule has 26 heavy (non-hydrogen) atoms. The molecule has 4 rings (SSSR count). The molecule has 0 bridgehead atoms. The molecule has 3 heterocycles. The number of amides is 1. The van der Waals surface area contributed by atoms with Gasteiger partial charge in [0, 0.05) is 41.4 Å². The lowest BCUT2D eigenvalue weighted by atomic mass is 10.1. The summed E-state index contributed by atoms with van der Waals surface area (Å²) in [6.45, 7) is 0. The number of fused-ring (bicyclic) bond motifs is 1. The fourth-order valence-corrected chi connectivity index (χ4v) is 2.53. The number of anilines is 1. The SMILES string of the molecule is N#Cc1ncc(C(=O)Nc2ccc3[nH]nc(-c4ccncc4)c3c2)cn1. The van der Waals surface area contributed by atoms with E-state index in [2.05, 4.69) is 30.5 Å². The topological polar surface area (TPSA) is 120 Å². The van der Waals surface area contributed by atoms with Crippen molar-refractivity contribution < 1.29 is 4.79 Å². The van der Waals surface area contributed by atoms with Gasteiger partial charge in [0.05, 0.1) is 11.1 Å². The van der Waals surface area contributed by atoms with Crippen molar-refractivity contribution in [1.29, 1.82) is 5.26 Å². The Morgan fingerprint density at radius 3 is 2.62 bits per heavy atom. The zero-order chi connectivity index (χ0) is 17.9. The van der Waals surface area contributed by atoms with Crippen LogP contribution in [0.4, 0.5) is 5.69 Å². The van der Waals surface area contributed by atoms with Crippen molar-refractivity contribution >= 4 is 22.5 Å². The molecule has 8 nitrogen and oxygen atoms in total. The van der Waals surface area contributed by atoms with Crippen LogP contribution in [0.3, 0.4) is 0 Å². The minimum Gasteiger partial charge on any atom is -0.322 e. The number of H-pyrrole nitrogens is 1. The number of aromatic nitrogens is 5. The van der Waals surface area contributed by atoms with E-state index < -0.39 is 0 Å². The van der Waals surface area contributed by atoms with Crippen LogP contribution in [0.2, 0.25) is 0 Å². The molecule has 0 unspecified atom stereocenters. The number of nitrogens with one attached hydrogen (secondary N) is 2. The molecule has 8 heteroatoms. The Morgan fingerprint density at radius 1 is 1.12 bits per heavy atom. The Hall–Kier alpha value is -4.12. The fourth-order valence-electron chi connectivity index (χ4n) is 2.53. The first-order valence-corrected chi connectivity index (χ1v) is 7.66. The van der Waals surface area contributed by atoms with E-state index in [1.54, 1.807) is 18.5 Å². The maximum Gasteiger partial charge on any atom is 0.258 e. The van der Waals surface area contributed by atoms with Crippen molar-refractivity contribution in [3.05, 3.63) is 66.5 Å². The molecule has 0 fully saturated rings. The summed E-state index contributed by atoms with van der Waals surface area (Å²) in [4.78, 5) is 24.0. The third-order valence-electron chi connectivity index (χ3n) is 3.79. The van der Waals surface area contributed by atoms with Crippen LogP contribution in [0.5, 0.6) is 0 Å². The van der Waals surface area contributed by atoms with Crippen LogP contribution in [-0.2, 0) is 0 Å². The number of hydrogen-bond donors (Lipinski definition) is 2. The van der Waals surface area contributed by atoms with E-state index in [-0.39, 0.29) is 17.3 Å². The molecule has 0 spiro atoms. The minimum atomic E-state index is -0.359. The highest BCUT2D eigenvalue weighted by Gasteiger charge is 2.11. The van der Waals surface area contributed by atoms with Crippen LogP contribution in [0, 0.1) is 11.3 Å². The molecule has 1 aromatic carbocycles. The Bertz CT molecular complexity index is 1130. The molecular formula is C18H11N7O. The van der Waals surface area contributed by atoms with Gasteiger partial charge >= 0.3 is 0 Å². The van der Waals surface area contributed by atoms with Gasteiger partial charge in [-0.25, -0.2) is 9.97 Å². The zero-order valence-corrected chi connectivity index (χ0v) is 13.3. The molecule has 0 aliphatic carbocycles. The van der Waals surface area contributed by atoms with Gasteiger partial charge in [0.25, 0.3) is 5.91 Å². The van der Waals surface area contributed by atoms with Gasteiger partial charge in [0.1, 0.15) is 11.8 Å². The van der Waals surface area contributed by atoms with E-state index in [1.807, 2.05) is 30.3 Å². The number of aromatic amines is 1. The van der Waals surface area contributed by atoms with Crippen LogP contribution < -0.4 is 5.32 Å². The quantitative estimate of drug-likeness (QED) is 0.591. The Balaban J connectivity index is 1.65. The third-order valence-corrected chi connectivity index (χ3v) is 3.79. The summed E-state index contributed by atoms with van der Waals surface area (Å²) < 4.78 is 0. The van der Waals surface area contributed by atoms with E-state index >= 15 is 0 Å². The third kappa shape index (κ3) is 2.85. The lowest BCUT2D eigenvalue weighted by Gasteiger charge is -2.05. The number of nitriles is 1. The smallest absolute Gasteiger partial charge is 0.258 e. The molecule has 0 radical (unpaired) electrons. The first kappa shape index (κ1) is 15.4. The first-order valence-electron chi connectivity index (χ1n) is 7.66. The first-order chi connectivity index (χ1) is 12.7. The molecule has 0 atom stereocenters. The number of pyridine rings is 1. The maximum absolute atomic E-state index is 12.3. The highest BCUT2D eigenvalue weighted by molar-refractivity contribution is 6.05. The normalized spacial score (nSPS) is 10.4. The minimum absolute atomic E-state index is 0.0170. The van der Waals surface area contributed by atoms with Crippen LogP contribution in [0.25, 0.3) is 22.2 Å². The van der Waals surface area contributed by atoms with Crippen molar-refractivity contribution in [2.75, 3.05) is 5.32 Å². The predicted molar refractivity (Wildman–Crippen MR) is 94.0 cm³/mol. The van der Waals surface area contributed by atoms with Crippen LogP contribution in [-0.4, -0.2) is 31.1 Å². The fraction of sp³-hybridized carbons (Fsp3) is 0. The summed E-state index contributed by atoms with van der Waals surface area (Å²) in [5, 5.41) is 19.7. The monoisotopic (exact) mass is 341 g/mol. The van der Waals surface area contributed by atoms with Gasteiger partial charge in [-0.1, -0.05) is 0 Å². The van der Waals surface area contributed by atoms with E-state index in [1.165, 1.54) is 12.4 Å². The van der Waals surface area contributed by atoms with Gasteiger partial charge in [-0.3, -0.25) is 14.9 Å². The van der Waals surface area contributed by atoms with E-state index in [9.17, 15) is 4.79 Å². The van der Waals surface area contributed by atoms with E-state index in [0.29, 0.717) is 5.69 Å². The second-order valence-corrected chi connectivity index (χ2v) is 5.43. The van der Waals surface area contributed by atoms with Crippen LogP contribution in [0.15, 0.2) is 55.1 Å². The van der Waals surface area contributed by atoms with E-state index in [4.69, 9.17) is 5.26 Å². The highest BCUT2D eigenvalue weighted by Crippen LogP contribution is 2.28. The number of carbonyl (C=O) groups excluding carboxylic acids is 1. The Labute approximate surface area is 147 Å². The largest absolute Gasteiger partial charge is 0.322 e. The van der Waals surface area contributed by atoms with Crippen molar-refractivity contribution in [2.24, 2.45) is 0 Å². The van der Waals surface area contributed by atoms with Crippen LogP contribution in [0.1, 0.15) is 16.2 Å². The van der Waals surface area contributed by atoms with Gasteiger partial charge in [0.15, 0.2) is 0 Å². The van der Waals surface area contributed by atoms with Crippen molar-refractivity contribution in [3.8, 4) is 17.3 Å². The molecule has 2 N–H and O–H groups in total. The Morgan fingerprint density at radius 2 is 1.88 bits per heavy atom. The number of hydrogen-bond acceptors (Lipinski definition) is 6. The molecular weight excluding hydrogens is 330 g/mol. The summed E-state index contributed by atoms with van der Waals surface area (Å²) in [5.74, 6) is -0.342. The molecule has 0 saturated carbocycles. The van der Waals surface area contributed by atoms with Gasteiger partial charge in [-0.15, -0.1) is 0 Å². The molecule has 1 amide bonds. The summed E-state index contributed by atoms with van der Waals surface area (Å²) in [7, 11) is 0. The lowest BCUT2D eigenvalue weighted by molar-refractivity contribution is 0.102. The summed E-state index contributed by atoms with van der Waals surface area (Å²) >= 11 is 0. The summed E-state index contributed by atoms with van der Waals surface area (Å²) in [5.41, 5.74) is 3.45. The van der Waals surface area contributed by atoms with Crippen LogP contribution >= 0.6 is 0 Å². The highest BCUT2D eigenvalue weighted by atomic mass is 16.1. The molecule has 4 aromatic rings. The van der Waals surface area contributed by atoms with Crippen molar-refractivity contribution in [3.63, 3.8) is 0 Å². The number of rotatable bonds is 3. The molecule has 0 saturated heterocycles. The van der Waals surface area contributed by atoms with Gasteiger partial charge in [-0.05, 0) is 30.3 Å². The standard InChI is InChI=1S/C18H11N7O/c19-8-16-21-9-12(10-22-16)18(26)23-13-1-2-15-14(7-13)17(25-24-15)11-3-5-20-6-4-11/h1-7,9-10H,(H,23,26)(H,24,25). The zero-order valence-electron chi connectivity index (χ0n) is 13.3. The van der Waals surface area contributed by atoms with Gasteiger partial charge < -0.3 is 5.32 Å².